The highest BCUT2D eigenvalue weighted by Gasteiger charge is 2.09. The zero-order valence-electron chi connectivity index (χ0n) is 12.9. The van der Waals surface area contributed by atoms with Crippen molar-refractivity contribution in [3.63, 3.8) is 0 Å². The maximum atomic E-state index is 9.04. The highest BCUT2D eigenvalue weighted by Crippen LogP contribution is 2.14. The number of aliphatic hydroxyl groups excluding tert-OH is 1. The number of nitrogens with zero attached hydrogens (tertiary/aromatic N) is 2. The molecule has 1 heterocycles. The Kier molecular flexibility index (Phi) is 5.96. The molecule has 0 amide bonds. The van der Waals surface area contributed by atoms with Crippen LogP contribution >= 0.6 is 0 Å². The van der Waals surface area contributed by atoms with Crippen molar-refractivity contribution in [2.45, 2.75) is 33.2 Å². The summed E-state index contributed by atoms with van der Waals surface area (Å²) in [5, 5.41) is 12.5. The fraction of sp³-hybridized carbons (Fsp3) is 0.471. The predicted molar refractivity (Wildman–Crippen MR) is 85.5 cm³/mol. The van der Waals surface area contributed by atoms with Gasteiger partial charge >= 0.3 is 0 Å². The molecular weight excluding hydrogens is 262 g/mol. The van der Waals surface area contributed by atoms with Crippen LogP contribution in [0.2, 0.25) is 0 Å². The average molecular weight is 287 g/mol. The first-order valence-electron chi connectivity index (χ1n) is 7.66. The molecule has 2 aromatic rings. The van der Waals surface area contributed by atoms with Crippen molar-refractivity contribution in [1.29, 1.82) is 0 Å². The molecule has 1 unspecified atom stereocenters. The maximum Gasteiger partial charge on any atom is 0.110 e. The van der Waals surface area contributed by atoms with Crippen LogP contribution in [0.3, 0.4) is 0 Å². The molecule has 0 spiro atoms. The molecule has 0 saturated heterocycles. The molecule has 1 aromatic carbocycles. The normalized spacial score (nSPS) is 12.5. The second-order valence-corrected chi connectivity index (χ2v) is 5.39. The molecule has 2 N–H and O–H groups in total. The molecule has 114 valence electrons. The van der Waals surface area contributed by atoms with Gasteiger partial charge in [-0.25, -0.2) is 4.98 Å². The topological polar surface area (TPSA) is 50.1 Å². The minimum atomic E-state index is 0.265. The highest BCUT2D eigenvalue weighted by molar-refractivity contribution is 5.35. The van der Waals surface area contributed by atoms with Crippen molar-refractivity contribution in [3.8, 4) is 5.69 Å². The number of benzene rings is 1. The van der Waals surface area contributed by atoms with Gasteiger partial charge in [0, 0.05) is 18.8 Å². The molecule has 21 heavy (non-hydrogen) atoms. The standard InChI is InChI=1S/C17H25N3O/c1-3-15(9-10-21)11-18-12-17-13-19-14(2)20(17)16-7-5-4-6-8-16/h4-8,13,15,18,21H,3,9-12H2,1-2H3. The van der Waals surface area contributed by atoms with E-state index in [1.54, 1.807) is 0 Å². The molecule has 0 aliphatic carbocycles. The number of para-hydroxylation sites is 1. The van der Waals surface area contributed by atoms with Crippen LogP contribution in [0.25, 0.3) is 5.69 Å². The molecule has 0 saturated carbocycles. The Morgan fingerprint density at radius 1 is 1.29 bits per heavy atom. The molecule has 1 atom stereocenters. The van der Waals surface area contributed by atoms with Crippen LogP contribution in [-0.2, 0) is 6.54 Å². The lowest BCUT2D eigenvalue weighted by molar-refractivity contribution is 0.251. The molecule has 0 bridgehead atoms. The van der Waals surface area contributed by atoms with Gasteiger partial charge in [-0.15, -0.1) is 0 Å². The molecule has 2 rings (SSSR count). The second-order valence-electron chi connectivity index (χ2n) is 5.39. The van der Waals surface area contributed by atoms with Crippen molar-refractivity contribution in [1.82, 2.24) is 14.9 Å². The quantitative estimate of drug-likeness (QED) is 0.785. The predicted octanol–water partition coefficient (Wildman–Crippen LogP) is 2.68. The molecule has 0 radical (unpaired) electrons. The number of hydrogen-bond acceptors (Lipinski definition) is 3. The monoisotopic (exact) mass is 287 g/mol. The third-order valence-electron chi connectivity index (χ3n) is 3.88. The lowest BCUT2D eigenvalue weighted by Gasteiger charge is -2.15. The first-order valence-corrected chi connectivity index (χ1v) is 7.66. The van der Waals surface area contributed by atoms with Crippen LogP contribution < -0.4 is 5.32 Å². The Balaban J connectivity index is 2.02. The minimum Gasteiger partial charge on any atom is -0.396 e. The third kappa shape index (κ3) is 4.16. The van der Waals surface area contributed by atoms with Crippen LogP contribution in [0.5, 0.6) is 0 Å². The summed E-state index contributed by atoms with van der Waals surface area (Å²) in [5.74, 6) is 1.53. The van der Waals surface area contributed by atoms with E-state index in [1.165, 1.54) is 0 Å². The zero-order valence-corrected chi connectivity index (χ0v) is 12.9. The number of aromatic nitrogens is 2. The van der Waals surface area contributed by atoms with E-state index in [0.717, 1.165) is 43.1 Å². The highest BCUT2D eigenvalue weighted by atomic mass is 16.3. The van der Waals surface area contributed by atoms with Crippen LogP contribution in [0.15, 0.2) is 36.5 Å². The van der Waals surface area contributed by atoms with Crippen LogP contribution in [0.1, 0.15) is 31.3 Å². The van der Waals surface area contributed by atoms with E-state index in [9.17, 15) is 0 Å². The second kappa shape index (κ2) is 7.96. The molecule has 0 fully saturated rings. The minimum absolute atomic E-state index is 0.265. The number of rotatable bonds is 8. The Morgan fingerprint density at radius 2 is 2.05 bits per heavy atom. The van der Waals surface area contributed by atoms with E-state index in [-0.39, 0.29) is 6.61 Å². The van der Waals surface area contributed by atoms with Gasteiger partial charge in [-0.05, 0) is 37.9 Å². The Hall–Kier alpha value is -1.65. The van der Waals surface area contributed by atoms with E-state index in [2.05, 4.69) is 33.9 Å². The molecular formula is C17H25N3O. The summed E-state index contributed by atoms with van der Waals surface area (Å²) >= 11 is 0. The zero-order chi connectivity index (χ0) is 15.1. The number of imidazole rings is 1. The summed E-state index contributed by atoms with van der Waals surface area (Å²) in [6.07, 6.45) is 3.88. The van der Waals surface area contributed by atoms with E-state index >= 15 is 0 Å². The fourth-order valence-electron chi connectivity index (χ4n) is 2.58. The number of nitrogens with one attached hydrogen (secondary N) is 1. The molecule has 0 aliphatic rings. The number of aliphatic hydroxyl groups is 1. The first-order chi connectivity index (χ1) is 10.3. The van der Waals surface area contributed by atoms with Crippen LogP contribution in [0, 0.1) is 12.8 Å². The molecule has 0 aliphatic heterocycles. The van der Waals surface area contributed by atoms with Gasteiger partial charge in [0.2, 0.25) is 0 Å². The third-order valence-corrected chi connectivity index (χ3v) is 3.88. The summed E-state index contributed by atoms with van der Waals surface area (Å²) in [6, 6.07) is 10.3. The van der Waals surface area contributed by atoms with Gasteiger partial charge in [0.25, 0.3) is 0 Å². The number of hydrogen-bond donors (Lipinski definition) is 2. The maximum absolute atomic E-state index is 9.04. The Bertz CT molecular complexity index is 536. The van der Waals surface area contributed by atoms with Gasteiger partial charge in [-0.1, -0.05) is 31.5 Å². The first kappa shape index (κ1) is 15.7. The van der Waals surface area contributed by atoms with Gasteiger partial charge in [-0.3, -0.25) is 4.57 Å². The summed E-state index contributed by atoms with van der Waals surface area (Å²) < 4.78 is 2.18. The van der Waals surface area contributed by atoms with Gasteiger partial charge in [0.1, 0.15) is 5.82 Å². The summed E-state index contributed by atoms with van der Waals surface area (Å²) in [7, 11) is 0. The molecule has 4 nitrogen and oxygen atoms in total. The van der Waals surface area contributed by atoms with E-state index in [1.807, 2.05) is 31.3 Å². The summed E-state index contributed by atoms with van der Waals surface area (Å²) in [6.45, 7) is 6.17. The Labute approximate surface area is 126 Å². The van der Waals surface area contributed by atoms with Crippen LogP contribution in [-0.4, -0.2) is 27.8 Å². The van der Waals surface area contributed by atoms with Gasteiger partial charge < -0.3 is 10.4 Å². The van der Waals surface area contributed by atoms with Crippen LogP contribution in [0.4, 0.5) is 0 Å². The van der Waals surface area contributed by atoms with Crippen molar-refractivity contribution < 1.29 is 5.11 Å². The SMILES string of the molecule is CCC(CCO)CNCc1cnc(C)n1-c1ccccc1. The largest absolute Gasteiger partial charge is 0.396 e. The smallest absolute Gasteiger partial charge is 0.110 e. The van der Waals surface area contributed by atoms with Gasteiger partial charge in [0.15, 0.2) is 0 Å². The van der Waals surface area contributed by atoms with Crippen molar-refractivity contribution >= 4 is 0 Å². The lowest BCUT2D eigenvalue weighted by Crippen LogP contribution is -2.24. The van der Waals surface area contributed by atoms with E-state index in [4.69, 9.17) is 5.11 Å². The van der Waals surface area contributed by atoms with Gasteiger partial charge in [-0.2, -0.15) is 0 Å². The van der Waals surface area contributed by atoms with Crippen molar-refractivity contribution in [2.75, 3.05) is 13.2 Å². The summed E-state index contributed by atoms with van der Waals surface area (Å²) in [4.78, 5) is 4.43. The lowest BCUT2D eigenvalue weighted by atomic mass is 10.0. The summed E-state index contributed by atoms with van der Waals surface area (Å²) in [5.41, 5.74) is 2.31. The van der Waals surface area contributed by atoms with Gasteiger partial charge in [0.05, 0.1) is 11.9 Å². The average Bonchev–Trinajstić information content (AvgIpc) is 2.88. The number of aryl methyl sites for hydroxylation is 1. The van der Waals surface area contributed by atoms with Crippen molar-refractivity contribution in [2.24, 2.45) is 5.92 Å². The molecule has 4 heteroatoms. The van der Waals surface area contributed by atoms with E-state index < -0.39 is 0 Å². The van der Waals surface area contributed by atoms with E-state index in [0.29, 0.717) is 5.92 Å². The fourth-order valence-corrected chi connectivity index (χ4v) is 2.58. The Morgan fingerprint density at radius 3 is 2.71 bits per heavy atom. The van der Waals surface area contributed by atoms with Crippen molar-refractivity contribution in [3.05, 3.63) is 48.0 Å². The molecule has 1 aromatic heterocycles.